The molecule has 0 aliphatic carbocycles. The number of carboxylic acid groups (broad SMARTS) is 1. The fourth-order valence-electron chi connectivity index (χ4n) is 1.15. The number of nitrogens with one attached hydrogen (secondary N) is 1. The first-order valence-electron chi connectivity index (χ1n) is 4.28. The van der Waals surface area contributed by atoms with Gasteiger partial charge in [-0.1, -0.05) is 18.2 Å². The molecule has 0 saturated heterocycles. The Labute approximate surface area is 82.5 Å². The highest BCUT2D eigenvalue weighted by atomic mass is 16.5. The predicted molar refractivity (Wildman–Crippen MR) is 52.3 cm³/mol. The first-order chi connectivity index (χ1) is 6.74. The average Bonchev–Trinajstić information content (AvgIpc) is 2.18. The van der Waals surface area contributed by atoms with Gasteiger partial charge in [0.1, 0.15) is 5.75 Å². The SMILES string of the molecule is COc1ccccc1CNCC(=O)O. The lowest BCUT2D eigenvalue weighted by Gasteiger charge is -2.07. The number of ether oxygens (including phenoxy) is 1. The maximum atomic E-state index is 10.3. The summed E-state index contributed by atoms with van der Waals surface area (Å²) in [4.78, 5) is 10.3. The van der Waals surface area contributed by atoms with E-state index in [0.717, 1.165) is 11.3 Å². The molecule has 0 atom stereocenters. The Kier molecular flexibility index (Phi) is 3.94. The van der Waals surface area contributed by atoms with Crippen LogP contribution in [0.25, 0.3) is 0 Å². The summed E-state index contributed by atoms with van der Waals surface area (Å²) >= 11 is 0. The van der Waals surface area contributed by atoms with Gasteiger partial charge in [-0.2, -0.15) is 0 Å². The topological polar surface area (TPSA) is 58.6 Å². The van der Waals surface area contributed by atoms with Crippen molar-refractivity contribution >= 4 is 5.97 Å². The monoisotopic (exact) mass is 195 g/mol. The van der Waals surface area contributed by atoms with Crippen molar-refractivity contribution in [1.82, 2.24) is 5.32 Å². The van der Waals surface area contributed by atoms with Crippen LogP contribution < -0.4 is 10.1 Å². The molecule has 0 spiro atoms. The van der Waals surface area contributed by atoms with E-state index < -0.39 is 5.97 Å². The molecule has 0 aromatic heterocycles. The Hall–Kier alpha value is -1.55. The Morgan fingerprint density at radius 3 is 2.86 bits per heavy atom. The van der Waals surface area contributed by atoms with E-state index in [4.69, 9.17) is 9.84 Å². The summed E-state index contributed by atoms with van der Waals surface area (Å²) in [6.07, 6.45) is 0. The molecule has 76 valence electrons. The smallest absolute Gasteiger partial charge is 0.317 e. The van der Waals surface area contributed by atoms with Crippen molar-refractivity contribution < 1.29 is 14.6 Å². The molecule has 1 aromatic carbocycles. The molecule has 0 heterocycles. The van der Waals surface area contributed by atoms with E-state index in [9.17, 15) is 4.79 Å². The Morgan fingerprint density at radius 1 is 1.50 bits per heavy atom. The molecule has 4 nitrogen and oxygen atoms in total. The normalized spacial score (nSPS) is 9.79. The van der Waals surface area contributed by atoms with Gasteiger partial charge in [0.2, 0.25) is 0 Å². The van der Waals surface area contributed by atoms with E-state index >= 15 is 0 Å². The number of carboxylic acids is 1. The molecular formula is C10H13NO3. The molecule has 0 radical (unpaired) electrons. The summed E-state index contributed by atoms with van der Waals surface area (Å²) in [6, 6.07) is 7.51. The number of methoxy groups -OCH3 is 1. The second-order valence-corrected chi connectivity index (χ2v) is 2.81. The standard InChI is InChI=1S/C10H13NO3/c1-14-9-5-3-2-4-8(9)6-11-7-10(12)13/h2-5,11H,6-7H2,1H3,(H,12,13). The van der Waals surface area contributed by atoms with Gasteiger partial charge in [0.15, 0.2) is 0 Å². The third kappa shape index (κ3) is 3.06. The van der Waals surface area contributed by atoms with Gasteiger partial charge in [-0.3, -0.25) is 4.79 Å². The van der Waals surface area contributed by atoms with Crippen molar-refractivity contribution in [3.63, 3.8) is 0 Å². The zero-order valence-corrected chi connectivity index (χ0v) is 7.99. The zero-order valence-electron chi connectivity index (χ0n) is 7.99. The van der Waals surface area contributed by atoms with Gasteiger partial charge in [0.25, 0.3) is 0 Å². The lowest BCUT2D eigenvalue weighted by atomic mass is 10.2. The van der Waals surface area contributed by atoms with Crippen LogP contribution in [0.15, 0.2) is 24.3 Å². The van der Waals surface area contributed by atoms with Gasteiger partial charge in [-0.15, -0.1) is 0 Å². The molecule has 0 aliphatic heterocycles. The number of aliphatic carboxylic acids is 1. The molecule has 0 bridgehead atoms. The van der Waals surface area contributed by atoms with Gasteiger partial charge >= 0.3 is 5.97 Å². The lowest BCUT2D eigenvalue weighted by Crippen LogP contribution is -2.22. The van der Waals surface area contributed by atoms with Crippen LogP contribution in [0, 0.1) is 0 Å². The Bertz CT molecular complexity index is 312. The summed E-state index contributed by atoms with van der Waals surface area (Å²) < 4.78 is 5.12. The molecule has 0 fully saturated rings. The highest BCUT2D eigenvalue weighted by Gasteiger charge is 2.01. The van der Waals surface area contributed by atoms with Crippen LogP contribution in [0.4, 0.5) is 0 Å². The van der Waals surface area contributed by atoms with E-state index in [2.05, 4.69) is 5.32 Å². The fourth-order valence-corrected chi connectivity index (χ4v) is 1.15. The van der Waals surface area contributed by atoms with Gasteiger partial charge in [-0.25, -0.2) is 0 Å². The minimum atomic E-state index is -0.861. The number of rotatable bonds is 5. The summed E-state index contributed by atoms with van der Waals surface area (Å²) in [7, 11) is 1.59. The van der Waals surface area contributed by atoms with Crippen molar-refractivity contribution in [2.45, 2.75) is 6.54 Å². The van der Waals surface area contributed by atoms with Crippen molar-refractivity contribution in [2.75, 3.05) is 13.7 Å². The van der Waals surface area contributed by atoms with Crippen LogP contribution in [0.3, 0.4) is 0 Å². The third-order valence-electron chi connectivity index (χ3n) is 1.78. The zero-order chi connectivity index (χ0) is 10.4. The van der Waals surface area contributed by atoms with E-state index in [-0.39, 0.29) is 6.54 Å². The second-order valence-electron chi connectivity index (χ2n) is 2.81. The van der Waals surface area contributed by atoms with Crippen molar-refractivity contribution in [1.29, 1.82) is 0 Å². The predicted octanol–water partition coefficient (Wildman–Crippen LogP) is 0.869. The molecule has 0 amide bonds. The Morgan fingerprint density at radius 2 is 2.21 bits per heavy atom. The number of hydrogen-bond acceptors (Lipinski definition) is 3. The van der Waals surface area contributed by atoms with Crippen LogP contribution >= 0.6 is 0 Å². The highest BCUT2D eigenvalue weighted by Crippen LogP contribution is 2.16. The number of benzene rings is 1. The molecule has 2 N–H and O–H groups in total. The van der Waals surface area contributed by atoms with Crippen LogP contribution in [0.5, 0.6) is 5.75 Å². The molecular weight excluding hydrogens is 182 g/mol. The van der Waals surface area contributed by atoms with Crippen molar-refractivity contribution in [2.24, 2.45) is 0 Å². The van der Waals surface area contributed by atoms with E-state index in [1.807, 2.05) is 24.3 Å². The lowest BCUT2D eigenvalue weighted by molar-refractivity contribution is -0.135. The minimum Gasteiger partial charge on any atom is -0.496 e. The van der Waals surface area contributed by atoms with E-state index in [1.165, 1.54) is 0 Å². The number of para-hydroxylation sites is 1. The average molecular weight is 195 g/mol. The largest absolute Gasteiger partial charge is 0.496 e. The van der Waals surface area contributed by atoms with Crippen LogP contribution in [-0.2, 0) is 11.3 Å². The molecule has 0 aliphatic rings. The van der Waals surface area contributed by atoms with Gasteiger partial charge in [0, 0.05) is 12.1 Å². The summed E-state index contributed by atoms with van der Waals surface area (Å²) in [5.74, 6) is -0.0923. The van der Waals surface area contributed by atoms with E-state index in [1.54, 1.807) is 7.11 Å². The summed E-state index contributed by atoms with van der Waals surface area (Å²) in [5, 5.41) is 11.2. The first kappa shape index (κ1) is 10.5. The molecule has 4 heteroatoms. The quantitative estimate of drug-likeness (QED) is 0.732. The third-order valence-corrected chi connectivity index (χ3v) is 1.78. The molecule has 1 rings (SSSR count). The maximum absolute atomic E-state index is 10.3. The maximum Gasteiger partial charge on any atom is 0.317 e. The molecule has 0 unspecified atom stereocenters. The first-order valence-corrected chi connectivity index (χ1v) is 4.28. The minimum absolute atomic E-state index is 0.0436. The van der Waals surface area contributed by atoms with Crippen molar-refractivity contribution in [3.8, 4) is 5.75 Å². The molecule has 14 heavy (non-hydrogen) atoms. The highest BCUT2D eigenvalue weighted by molar-refractivity contribution is 5.69. The van der Waals surface area contributed by atoms with Crippen LogP contribution in [0.1, 0.15) is 5.56 Å². The summed E-state index contributed by atoms with van der Waals surface area (Å²) in [6.45, 7) is 0.453. The van der Waals surface area contributed by atoms with Gasteiger partial charge in [0.05, 0.1) is 13.7 Å². The van der Waals surface area contributed by atoms with Gasteiger partial charge in [-0.05, 0) is 6.07 Å². The number of hydrogen-bond donors (Lipinski definition) is 2. The molecule has 1 aromatic rings. The van der Waals surface area contributed by atoms with Crippen LogP contribution in [0.2, 0.25) is 0 Å². The van der Waals surface area contributed by atoms with Crippen LogP contribution in [-0.4, -0.2) is 24.7 Å². The van der Waals surface area contributed by atoms with Crippen molar-refractivity contribution in [3.05, 3.63) is 29.8 Å². The molecule has 0 saturated carbocycles. The van der Waals surface area contributed by atoms with E-state index in [0.29, 0.717) is 6.54 Å². The Balaban J connectivity index is 2.53. The number of carbonyl (C=O) groups is 1. The second kappa shape index (κ2) is 5.24. The van der Waals surface area contributed by atoms with Gasteiger partial charge < -0.3 is 15.2 Å². The summed E-state index contributed by atoms with van der Waals surface area (Å²) in [5.41, 5.74) is 0.955. The fraction of sp³-hybridized carbons (Fsp3) is 0.300.